The Morgan fingerprint density at radius 3 is 2.18 bits per heavy atom. The third-order valence-electron chi connectivity index (χ3n) is 6.08. The lowest BCUT2D eigenvalue weighted by molar-refractivity contribution is -0.105. The molecule has 0 bridgehead atoms. The van der Waals surface area contributed by atoms with E-state index < -0.39 is 6.09 Å². The highest BCUT2D eigenvalue weighted by atomic mass is 16.6. The van der Waals surface area contributed by atoms with Crippen molar-refractivity contribution in [2.45, 2.75) is 38.0 Å². The van der Waals surface area contributed by atoms with Crippen LogP contribution in [0, 0.1) is 0 Å². The topological polar surface area (TPSA) is 50.8 Å². The molecule has 0 radical (unpaired) electrons. The number of nitrogens with one attached hydrogen (secondary N) is 1. The molecule has 1 fully saturated rings. The number of piperidine rings is 1. The molecule has 0 aliphatic carbocycles. The molecular weight excluding hydrogens is 412 g/mol. The fraction of sp³-hybridized carbons (Fsp3) is 0.321. The van der Waals surface area contributed by atoms with Gasteiger partial charge in [-0.2, -0.15) is 0 Å². The average molecular weight is 445 g/mol. The minimum absolute atomic E-state index is 0.0834. The van der Waals surface area contributed by atoms with E-state index in [1.165, 1.54) is 29.5 Å². The number of hydrogen-bond acceptors (Lipinski definition) is 4. The van der Waals surface area contributed by atoms with Crippen LogP contribution in [-0.4, -0.2) is 37.4 Å². The third-order valence-corrected chi connectivity index (χ3v) is 6.08. The molecule has 4 rings (SSSR count). The molecule has 1 amide bonds. The van der Waals surface area contributed by atoms with Crippen LogP contribution in [0.3, 0.4) is 0 Å². The summed E-state index contributed by atoms with van der Waals surface area (Å²) < 4.78 is 12.0. The summed E-state index contributed by atoms with van der Waals surface area (Å²) in [5.74, 6) is 0.547. The standard InChI is InChI=1S/C28H32N2O3/c1-29-28(31)32-25-17-15-22(16-18-25)19-21-30-20-9-8-14-26(30)33-27(23-10-4-2-5-11-23)24-12-6-3-7-13-24/h2-7,10-13,15-18,26-27H,8-9,14,19-21H2,1H3,(H,29,31). The SMILES string of the molecule is CNC(=O)Oc1ccc(CCN2CCCCC2OC(c2ccccc2)c2ccccc2)cc1. The van der Waals surface area contributed by atoms with Crippen LogP contribution in [0.2, 0.25) is 0 Å². The van der Waals surface area contributed by atoms with Gasteiger partial charge >= 0.3 is 6.09 Å². The Morgan fingerprint density at radius 2 is 1.58 bits per heavy atom. The molecule has 0 aromatic heterocycles. The summed E-state index contributed by atoms with van der Waals surface area (Å²) in [5.41, 5.74) is 3.58. The van der Waals surface area contributed by atoms with Gasteiger partial charge in [-0.15, -0.1) is 0 Å². The summed E-state index contributed by atoms with van der Waals surface area (Å²) >= 11 is 0. The number of hydrogen-bond donors (Lipinski definition) is 1. The van der Waals surface area contributed by atoms with Crippen molar-refractivity contribution in [3.8, 4) is 5.75 Å². The van der Waals surface area contributed by atoms with Crippen molar-refractivity contribution in [3.63, 3.8) is 0 Å². The number of rotatable bonds is 8. The van der Waals surface area contributed by atoms with E-state index in [2.05, 4.69) is 58.7 Å². The number of amides is 1. The molecule has 172 valence electrons. The lowest BCUT2D eigenvalue weighted by atomic mass is 10.0. The van der Waals surface area contributed by atoms with Gasteiger partial charge < -0.3 is 14.8 Å². The van der Waals surface area contributed by atoms with Gasteiger partial charge in [0.05, 0.1) is 0 Å². The van der Waals surface area contributed by atoms with Gasteiger partial charge in [-0.3, -0.25) is 4.90 Å². The quantitative estimate of drug-likeness (QED) is 0.494. The number of ether oxygens (including phenoxy) is 2. The molecule has 1 aliphatic rings. The van der Waals surface area contributed by atoms with E-state index in [0.717, 1.165) is 25.9 Å². The molecule has 33 heavy (non-hydrogen) atoms. The van der Waals surface area contributed by atoms with Gasteiger partial charge in [0.25, 0.3) is 0 Å². The normalized spacial score (nSPS) is 16.5. The van der Waals surface area contributed by atoms with Crippen molar-refractivity contribution >= 4 is 6.09 Å². The number of carbonyl (C=O) groups is 1. The van der Waals surface area contributed by atoms with Crippen molar-refractivity contribution in [3.05, 3.63) is 102 Å². The lowest BCUT2D eigenvalue weighted by Crippen LogP contribution is -2.43. The molecule has 1 heterocycles. The Kier molecular flexibility index (Phi) is 8.12. The molecule has 1 N–H and O–H groups in total. The van der Waals surface area contributed by atoms with Gasteiger partial charge in [0.15, 0.2) is 0 Å². The Bertz CT molecular complexity index is 953. The highest BCUT2D eigenvalue weighted by molar-refractivity contribution is 5.69. The fourth-order valence-electron chi connectivity index (χ4n) is 4.29. The fourth-order valence-corrected chi connectivity index (χ4v) is 4.29. The summed E-state index contributed by atoms with van der Waals surface area (Å²) in [6, 6.07) is 28.7. The van der Waals surface area contributed by atoms with Crippen molar-refractivity contribution in [1.82, 2.24) is 10.2 Å². The molecule has 3 aromatic rings. The van der Waals surface area contributed by atoms with Gasteiger partial charge in [-0.1, -0.05) is 72.8 Å². The van der Waals surface area contributed by atoms with E-state index in [1.54, 1.807) is 7.05 Å². The second kappa shape index (κ2) is 11.6. The van der Waals surface area contributed by atoms with Gasteiger partial charge in [-0.25, -0.2) is 4.79 Å². The lowest BCUT2D eigenvalue weighted by Gasteiger charge is -2.38. The Morgan fingerprint density at radius 1 is 0.939 bits per heavy atom. The number of nitrogens with zero attached hydrogens (tertiary/aromatic N) is 1. The maximum atomic E-state index is 11.4. The first-order valence-electron chi connectivity index (χ1n) is 11.7. The van der Waals surface area contributed by atoms with Crippen LogP contribution in [0.5, 0.6) is 5.75 Å². The van der Waals surface area contributed by atoms with Crippen LogP contribution in [0.15, 0.2) is 84.9 Å². The molecular formula is C28H32N2O3. The molecule has 1 saturated heterocycles. The molecule has 5 nitrogen and oxygen atoms in total. The Hall–Kier alpha value is -3.15. The van der Waals surface area contributed by atoms with Crippen LogP contribution < -0.4 is 10.1 Å². The van der Waals surface area contributed by atoms with Crippen LogP contribution in [0.1, 0.15) is 42.1 Å². The van der Waals surface area contributed by atoms with Gasteiger partial charge in [0.1, 0.15) is 18.1 Å². The largest absolute Gasteiger partial charge is 0.412 e. The van der Waals surface area contributed by atoms with E-state index in [-0.39, 0.29) is 12.3 Å². The van der Waals surface area contributed by atoms with Crippen LogP contribution in [-0.2, 0) is 11.2 Å². The smallest absolute Gasteiger partial charge is 0.410 e. The first-order valence-corrected chi connectivity index (χ1v) is 11.7. The van der Waals surface area contributed by atoms with E-state index >= 15 is 0 Å². The molecule has 1 unspecified atom stereocenters. The number of carbonyl (C=O) groups excluding carboxylic acids is 1. The summed E-state index contributed by atoms with van der Waals surface area (Å²) in [6.07, 6.45) is 3.88. The highest BCUT2D eigenvalue weighted by Crippen LogP contribution is 2.31. The second-order valence-electron chi connectivity index (χ2n) is 8.36. The van der Waals surface area contributed by atoms with Crippen molar-refractivity contribution in [1.29, 1.82) is 0 Å². The zero-order valence-electron chi connectivity index (χ0n) is 19.2. The molecule has 1 atom stereocenters. The minimum atomic E-state index is -0.456. The number of benzene rings is 3. The van der Waals surface area contributed by atoms with Crippen molar-refractivity contribution in [2.75, 3.05) is 20.1 Å². The predicted octanol–water partition coefficient (Wildman–Crippen LogP) is 5.57. The molecule has 3 aromatic carbocycles. The van der Waals surface area contributed by atoms with Crippen LogP contribution in [0.4, 0.5) is 4.79 Å². The maximum absolute atomic E-state index is 11.4. The molecule has 1 aliphatic heterocycles. The van der Waals surface area contributed by atoms with E-state index in [1.807, 2.05) is 36.4 Å². The number of likely N-dealkylation sites (tertiary alicyclic amines) is 1. The Labute approximate surface area is 196 Å². The minimum Gasteiger partial charge on any atom is -0.410 e. The van der Waals surface area contributed by atoms with E-state index in [0.29, 0.717) is 5.75 Å². The third kappa shape index (κ3) is 6.44. The van der Waals surface area contributed by atoms with Gasteiger partial charge in [0.2, 0.25) is 0 Å². The second-order valence-corrected chi connectivity index (χ2v) is 8.36. The summed E-state index contributed by atoms with van der Waals surface area (Å²) in [7, 11) is 1.55. The first kappa shape index (κ1) is 23.0. The van der Waals surface area contributed by atoms with Crippen LogP contribution >= 0.6 is 0 Å². The zero-order chi connectivity index (χ0) is 22.9. The maximum Gasteiger partial charge on any atom is 0.412 e. The van der Waals surface area contributed by atoms with Crippen LogP contribution in [0.25, 0.3) is 0 Å². The predicted molar refractivity (Wildman–Crippen MR) is 130 cm³/mol. The van der Waals surface area contributed by atoms with Crippen molar-refractivity contribution < 1.29 is 14.3 Å². The monoisotopic (exact) mass is 444 g/mol. The summed E-state index contributed by atoms with van der Waals surface area (Å²) in [4.78, 5) is 13.8. The molecule has 0 saturated carbocycles. The van der Waals surface area contributed by atoms with E-state index in [4.69, 9.17) is 9.47 Å². The zero-order valence-corrected chi connectivity index (χ0v) is 19.2. The average Bonchev–Trinajstić information content (AvgIpc) is 2.88. The van der Waals surface area contributed by atoms with E-state index in [9.17, 15) is 4.79 Å². The Balaban J connectivity index is 1.42. The molecule has 0 spiro atoms. The molecule has 5 heteroatoms. The van der Waals surface area contributed by atoms with Gasteiger partial charge in [0, 0.05) is 20.1 Å². The van der Waals surface area contributed by atoms with Crippen molar-refractivity contribution in [2.24, 2.45) is 0 Å². The highest BCUT2D eigenvalue weighted by Gasteiger charge is 2.27. The van der Waals surface area contributed by atoms with Gasteiger partial charge in [-0.05, 0) is 54.5 Å². The first-order chi connectivity index (χ1) is 16.2. The summed E-state index contributed by atoms with van der Waals surface area (Å²) in [6.45, 7) is 1.97. The summed E-state index contributed by atoms with van der Waals surface area (Å²) in [5, 5.41) is 2.46.